The van der Waals surface area contributed by atoms with Gasteiger partial charge in [0.15, 0.2) is 0 Å². The maximum Gasteiger partial charge on any atom is 0.220 e. The van der Waals surface area contributed by atoms with Gasteiger partial charge in [0.1, 0.15) is 5.82 Å². The standard InChI is InChI=1S/C10H13N3O/c1-6-2-7(5-13-10(6)11)8-3-9(14)12-4-8/h2,5,8H,3-4H2,1H3,(H2,11,13)(H,12,14). The van der Waals surface area contributed by atoms with Crippen LogP contribution < -0.4 is 11.1 Å². The zero-order valence-electron chi connectivity index (χ0n) is 8.08. The van der Waals surface area contributed by atoms with Gasteiger partial charge >= 0.3 is 0 Å². The molecular formula is C10H13N3O. The Kier molecular flexibility index (Phi) is 2.11. The highest BCUT2D eigenvalue weighted by Gasteiger charge is 2.23. The number of hydrogen-bond acceptors (Lipinski definition) is 3. The van der Waals surface area contributed by atoms with E-state index < -0.39 is 0 Å². The van der Waals surface area contributed by atoms with Crippen molar-refractivity contribution in [3.8, 4) is 0 Å². The van der Waals surface area contributed by atoms with Crippen molar-refractivity contribution in [3.63, 3.8) is 0 Å². The Bertz CT molecular complexity index is 376. The van der Waals surface area contributed by atoms with Crippen LogP contribution >= 0.6 is 0 Å². The second-order valence-electron chi connectivity index (χ2n) is 3.68. The maximum absolute atomic E-state index is 11.0. The fraction of sp³-hybridized carbons (Fsp3) is 0.400. The van der Waals surface area contributed by atoms with Crippen LogP contribution in [0.25, 0.3) is 0 Å². The normalized spacial score (nSPS) is 20.9. The number of nitrogen functional groups attached to an aromatic ring is 1. The fourth-order valence-electron chi connectivity index (χ4n) is 1.67. The summed E-state index contributed by atoms with van der Waals surface area (Å²) < 4.78 is 0. The molecule has 4 heteroatoms. The largest absolute Gasteiger partial charge is 0.383 e. The summed E-state index contributed by atoms with van der Waals surface area (Å²) in [5.41, 5.74) is 7.69. The Morgan fingerprint density at radius 1 is 1.64 bits per heavy atom. The van der Waals surface area contributed by atoms with E-state index in [1.807, 2.05) is 13.0 Å². The number of anilines is 1. The van der Waals surface area contributed by atoms with Crippen LogP contribution in [0.4, 0.5) is 5.82 Å². The van der Waals surface area contributed by atoms with E-state index in [2.05, 4.69) is 10.3 Å². The third kappa shape index (κ3) is 1.55. The van der Waals surface area contributed by atoms with E-state index >= 15 is 0 Å². The zero-order chi connectivity index (χ0) is 10.1. The van der Waals surface area contributed by atoms with Gasteiger partial charge in [0.2, 0.25) is 5.91 Å². The molecule has 0 radical (unpaired) electrons. The molecule has 0 bridgehead atoms. The van der Waals surface area contributed by atoms with Crippen molar-refractivity contribution in [1.82, 2.24) is 10.3 Å². The number of nitrogens with two attached hydrogens (primary N) is 1. The van der Waals surface area contributed by atoms with E-state index in [1.165, 1.54) is 0 Å². The van der Waals surface area contributed by atoms with Crippen LogP contribution in [0.5, 0.6) is 0 Å². The first-order valence-electron chi connectivity index (χ1n) is 4.65. The van der Waals surface area contributed by atoms with Gasteiger partial charge in [-0.25, -0.2) is 4.98 Å². The molecule has 1 aromatic heterocycles. The minimum Gasteiger partial charge on any atom is -0.383 e. The number of aromatic nitrogens is 1. The van der Waals surface area contributed by atoms with Crippen LogP contribution in [0.1, 0.15) is 23.5 Å². The third-order valence-electron chi connectivity index (χ3n) is 2.59. The van der Waals surface area contributed by atoms with Gasteiger partial charge in [0.25, 0.3) is 0 Å². The molecular weight excluding hydrogens is 178 g/mol. The van der Waals surface area contributed by atoms with Crippen molar-refractivity contribution in [2.24, 2.45) is 0 Å². The highest BCUT2D eigenvalue weighted by atomic mass is 16.1. The summed E-state index contributed by atoms with van der Waals surface area (Å²) in [7, 11) is 0. The van der Waals surface area contributed by atoms with Gasteiger partial charge in [-0.15, -0.1) is 0 Å². The molecule has 1 aromatic rings. The van der Waals surface area contributed by atoms with Crippen molar-refractivity contribution < 1.29 is 4.79 Å². The van der Waals surface area contributed by atoms with Crippen molar-refractivity contribution in [2.45, 2.75) is 19.3 Å². The van der Waals surface area contributed by atoms with Gasteiger partial charge in [-0.2, -0.15) is 0 Å². The molecule has 2 rings (SSSR count). The quantitative estimate of drug-likeness (QED) is 0.682. The molecule has 1 amide bonds. The van der Waals surface area contributed by atoms with Crippen molar-refractivity contribution in [1.29, 1.82) is 0 Å². The maximum atomic E-state index is 11.0. The average molecular weight is 191 g/mol. The molecule has 0 saturated carbocycles. The second kappa shape index (κ2) is 3.29. The molecule has 2 heterocycles. The first-order chi connectivity index (χ1) is 6.66. The number of nitrogens with zero attached hydrogens (tertiary/aromatic N) is 1. The van der Waals surface area contributed by atoms with E-state index in [4.69, 9.17) is 5.73 Å². The Morgan fingerprint density at radius 3 is 3.00 bits per heavy atom. The van der Waals surface area contributed by atoms with Crippen LogP contribution in [0.3, 0.4) is 0 Å². The number of nitrogens with one attached hydrogen (secondary N) is 1. The lowest BCUT2D eigenvalue weighted by atomic mass is 9.99. The van der Waals surface area contributed by atoms with Crippen molar-refractivity contribution in [3.05, 3.63) is 23.4 Å². The lowest BCUT2D eigenvalue weighted by molar-refractivity contribution is -0.119. The topological polar surface area (TPSA) is 68.0 Å². The Balaban J connectivity index is 2.24. The molecule has 0 spiro atoms. The molecule has 1 fully saturated rings. The summed E-state index contributed by atoms with van der Waals surface area (Å²) >= 11 is 0. The van der Waals surface area contributed by atoms with Gasteiger partial charge in [-0.3, -0.25) is 4.79 Å². The molecule has 74 valence electrons. The molecule has 1 aliphatic rings. The molecule has 4 nitrogen and oxygen atoms in total. The number of rotatable bonds is 1. The molecule has 1 saturated heterocycles. The first kappa shape index (κ1) is 8.99. The van der Waals surface area contributed by atoms with Gasteiger partial charge in [0.05, 0.1) is 0 Å². The van der Waals surface area contributed by atoms with Gasteiger partial charge < -0.3 is 11.1 Å². The predicted molar refractivity (Wildman–Crippen MR) is 53.8 cm³/mol. The lowest BCUT2D eigenvalue weighted by Gasteiger charge is -2.08. The van der Waals surface area contributed by atoms with Crippen molar-refractivity contribution >= 4 is 11.7 Å². The minimum absolute atomic E-state index is 0.115. The lowest BCUT2D eigenvalue weighted by Crippen LogP contribution is -2.13. The molecule has 14 heavy (non-hydrogen) atoms. The molecule has 3 N–H and O–H groups in total. The second-order valence-corrected chi connectivity index (χ2v) is 3.68. The SMILES string of the molecule is Cc1cc(C2CNC(=O)C2)cnc1N. The van der Waals surface area contributed by atoms with Crippen LogP contribution in [0.2, 0.25) is 0 Å². The van der Waals surface area contributed by atoms with E-state index in [-0.39, 0.29) is 11.8 Å². The van der Waals surface area contributed by atoms with E-state index in [9.17, 15) is 4.79 Å². The highest BCUT2D eigenvalue weighted by molar-refractivity contribution is 5.79. The summed E-state index contributed by atoms with van der Waals surface area (Å²) in [5.74, 6) is 0.935. The van der Waals surface area contributed by atoms with E-state index in [0.29, 0.717) is 18.8 Å². The summed E-state index contributed by atoms with van der Waals surface area (Å²) in [6, 6.07) is 2.01. The zero-order valence-corrected chi connectivity index (χ0v) is 8.08. The number of aryl methyl sites for hydroxylation is 1. The van der Waals surface area contributed by atoms with Gasteiger partial charge in [-0.1, -0.05) is 6.07 Å². The molecule has 1 atom stereocenters. The van der Waals surface area contributed by atoms with Crippen LogP contribution in [-0.4, -0.2) is 17.4 Å². The van der Waals surface area contributed by atoms with Crippen LogP contribution in [-0.2, 0) is 4.79 Å². The first-order valence-corrected chi connectivity index (χ1v) is 4.65. The van der Waals surface area contributed by atoms with E-state index in [0.717, 1.165) is 11.1 Å². The summed E-state index contributed by atoms with van der Waals surface area (Å²) in [6.07, 6.45) is 2.32. The number of pyridine rings is 1. The summed E-state index contributed by atoms with van der Waals surface area (Å²) in [5, 5.41) is 2.80. The fourth-order valence-corrected chi connectivity index (χ4v) is 1.67. The van der Waals surface area contributed by atoms with E-state index in [1.54, 1.807) is 6.20 Å². The Hall–Kier alpha value is -1.58. The molecule has 0 aromatic carbocycles. The number of carbonyl (C=O) groups is 1. The van der Waals surface area contributed by atoms with Crippen LogP contribution in [0.15, 0.2) is 12.3 Å². The number of amides is 1. The Morgan fingerprint density at radius 2 is 2.43 bits per heavy atom. The molecule has 1 unspecified atom stereocenters. The van der Waals surface area contributed by atoms with Gasteiger partial charge in [0, 0.05) is 25.1 Å². The summed E-state index contributed by atoms with van der Waals surface area (Å²) in [6.45, 7) is 2.64. The molecule has 0 aliphatic carbocycles. The third-order valence-corrected chi connectivity index (χ3v) is 2.59. The number of hydrogen-bond donors (Lipinski definition) is 2. The summed E-state index contributed by atoms with van der Waals surface area (Å²) in [4.78, 5) is 15.1. The minimum atomic E-state index is 0.115. The monoisotopic (exact) mass is 191 g/mol. The van der Waals surface area contributed by atoms with Crippen LogP contribution in [0, 0.1) is 6.92 Å². The Labute approximate surface area is 82.5 Å². The van der Waals surface area contributed by atoms with Gasteiger partial charge in [-0.05, 0) is 18.1 Å². The molecule has 1 aliphatic heterocycles. The predicted octanol–water partition coefficient (Wildman–Crippen LogP) is 0.576. The van der Waals surface area contributed by atoms with Crippen molar-refractivity contribution in [2.75, 3.05) is 12.3 Å². The average Bonchev–Trinajstić information content (AvgIpc) is 2.57. The smallest absolute Gasteiger partial charge is 0.220 e. The number of carbonyl (C=O) groups excluding carboxylic acids is 1. The highest BCUT2D eigenvalue weighted by Crippen LogP contribution is 2.24.